The van der Waals surface area contributed by atoms with Gasteiger partial charge in [-0.15, -0.1) is 11.8 Å². The first-order chi connectivity index (χ1) is 13.0. The van der Waals surface area contributed by atoms with Gasteiger partial charge in [-0.25, -0.2) is 5.43 Å². The molecule has 0 bridgehead atoms. The first-order valence-corrected chi connectivity index (χ1v) is 9.68. The second-order valence-corrected chi connectivity index (χ2v) is 7.45. The molecule has 2 aromatic carbocycles. The van der Waals surface area contributed by atoms with Crippen LogP contribution in [0, 0.1) is 6.92 Å². The third-order valence-electron chi connectivity index (χ3n) is 4.06. The summed E-state index contributed by atoms with van der Waals surface area (Å²) >= 11 is 1.51. The van der Waals surface area contributed by atoms with Crippen LogP contribution in [-0.2, 0) is 4.79 Å². The van der Waals surface area contributed by atoms with Gasteiger partial charge in [-0.1, -0.05) is 24.6 Å². The number of carbonyl (C=O) groups is 1. The zero-order chi connectivity index (χ0) is 19.8. The number of nitrogens with one attached hydrogen (secondary N) is 1. The SMILES string of the molecule is CC/C(=N/NC(=O)[C@@H](C)Sc1ccc(C)cc1)c1ccc(OC)c(OC)c1. The minimum absolute atomic E-state index is 0.132. The van der Waals surface area contributed by atoms with Crippen LogP contribution in [0.2, 0.25) is 0 Å². The number of hydrazone groups is 1. The number of rotatable bonds is 8. The van der Waals surface area contributed by atoms with E-state index in [0.29, 0.717) is 17.9 Å². The maximum absolute atomic E-state index is 12.4. The van der Waals surface area contributed by atoms with Crippen molar-refractivity contribution in [1.29, 1.82) is 0 Å². The van der Waals surface area contributed by atoms with Gasteiger partial charge in [-0.05, 0) is 50.6 Å². The van der Waals surface area contributed by atoms with Crippen LogP contribution in [-0.4, -0.2) is 31.1 Å². The van der Waals surface area contributed by atoms with E-state index >= 15 is 0 Å². The summed E-state index contributed by atoms with van der Waals surface area (Å²) in [5.74, 6) is 1.15. The van der Waals surface area contributed by atoms with E-state index < -0.39 is 0 Å². The molecule has 0 unspecified atom stereocenters. The van der Waals surface area contributed by atoms with E-state index in [0.717, 1.165) is 16.2 Å². The van der Waals surface area contributed by atoms with Crippen LogP contribution in [0.15, 0.2) is 52.5 Å². The predicted molar refractivity (Wildman–Crippen MR) is 111 cm³/mol. The number of amides is 1. The predicted octanol–water partition coefficient (Wildman–Crippen LogP) is 4.42. The summed E-state index contributed by atoms with van der Waals surface area (Å²) in [6.07, 6.45) is 0.676. The van der Waals surface area contributed by atoms with Gasteiger partial charge >= 0.3 is 0 Å². The molecule has 144 valence electrons. The molecule has 0 saturated heterocycles. The van der Waals surface area contributed by atoms with Gasteiger partial charge in [0.05, 0.1) is 25.2 Å². The summed E-state index contributed by atoms with van der Waals surface area (Å²) in [5.41, 5.74) is 5.54. The fraction of sp³-hybridized carbons (Fsp3) is 0.333. The van der Waals surface area contributed by atoms with E-state index in [2.05, 4.69) is 10.5 Å². The molecule has 2 aromatic rings. The number of thioether (sulfide) groups is 1. The Bertz CT molecular complexity index is 804. The Kier molecular flexibility index (Phi) is 7.73. The number of methoxy groups -OCH3 is 2. The molecule has 0 heterocycles. The fourth-order valence-corrected chi connectivity index (χ4v) is 3.31. The summed E-state index contributed by atoms with van der Waals surface area (Å²) < 4.78 is 10.6. The lowest BCUT2D eigenvalue weighted by Crippen LogP contribution is -2.28. The number of nitrogens with zero attached hydrogens (tertiary/aromatic N) is 1. The van der Waals surface area contributed by atoms with Crippen molar-refractivity contribution >= 4 is 23.4 Å². The molecule has 6 heteroatoms. The highest BCUT2D eigenvalue weighted by molar-refractivity contribution is 8.00. The minimum atomic E-state index is -0.250. The first kappa shape index (κ1) is 20.8. The van der Waals surface area contributed by atoms with Crippen molar-refractivity contribution in [3.8, 4) is 11.5 Å². The molecule has 1 atom stereocenters. The standard InChI is InChI=1S/C21H26N2O3S/c1-6-18(16-9-12-19(25-4)20(13-16)26-5)22-23-21(24)15(3)27-17-10-7-14(2)8-11-17/h7-13,15H,6H2,1-5H3,(H,23,24)/b22-18-/t15-/m1/s1. The molecule has 5 nitrogen and oxygen atoms in total. The van der Waals surface area contributed by atoms with E-state index in [1.807, 2.05) is 63.2 Å². The highest BCUT2D eigenvalue weighted by Gasteiger charge is 2.15. The lowest BCUT2D eigenvalue weighted by atomic mass is 10.1. The van der Waals surface area contributed by atoms with Crippen LogP contribution >= 0.6 is 11.8 Å². The number of hydrogen-bond acceptors (Lipinski definition) is 5. The Morgan fingerprint density at radius 1 is 1.11 bits per heavy atom. The van der Waals surface area contributed by atoms with Gasteiger partial charge in [-0.3, -0.25) is 4.79 Å². The second-order valence-electron chi connectivity index (χ2n) is 6.03. The summed E-state index contributed by atoms with van der Waals surface area (Å²) in [5, 5.41) is 4.08. The zero-order valence-electron chi connectivity index (χ0n) is 16.4. The van der Waals surface area contributed by atoms with Crippen molar-refractivity contribution in [3.63, 3.8) is 0 Å². The minimum Gasteiger partial charge on any atom is -0.493 e. The molecule has 0 radical (unpaired) electrons. The highest BCUT2D eigenvalue weighted by atomic mass is 32.2. The molecule has 0 aliphatic rings. The van der Waals surface area contributed by atoms with Crippen molar-refractivity contribution < 1.29 is 14.3 Å². The van der Waals surface area contributed by atoms with E-state index in [4.69, 9.17) is 9.47 Å². The molecule has 1 amide bonds. The van der Waals surface area contributed by atoms with E-state index in [1.54, 1.807) is 14.2 Å². The van der Waals surface area contributed by atoms with Gasteiger partial charge < -0.3 is 9.47 Å². The van der Waals surface area contributed by atoms with Crippen molar-refractivity contribution in [2.45, 2.75) is 37.3 Å². The third kappa shape index (κ3) is 5.76. The van der Waals surface area contributed by atoms with Crippen molar-refractivity contribution in [1.82, 2.24) is 5.43 Å². The molecule has 0 saturated carbocycles. The molecule has 27 heavy (non-hydrogen) atoms. The van der Waals surface area contributed by atoms with Crippen LogP contribution in [0.5, 0.6) is 11.5 Å². The normalized spacial score (nSPS) is 12.4. The van der Waals surface area contributed by atoms with Gasteiger partial charge in [0.1, 0.15) is 0 Å². The molecule has 0 fully saturated rings. The van der Waals surface area contributed by atoms with Gasteiger partial charge in [-0.2, -0.15) is 5.10 Å². The zero-order valence-corrected chi connectivity index (χ0v) is 17.2. The average Bonchev–Trinajstić information content (AvgIpc) is 2.69. The molecule has 0 spiro atoms. The van der Waals surface area contributed by atoms with Crippen molar-refractivity contribution in [2.24, 2.45) is 5.10 Å². The molecular weight excluding hydrogens is 360 g/mol. The monoisotopic (exact) mass is 386 g/mol. The second kappa shape index (κ2) is 10.0. The van der Waals surface area contributed by atoms with Crippen LogP contribution in [0.1, 0.15) is 31.4 Å². The molecule has 2 rings (SSSR count). The maximum Gasteiger partial charge on any atom is 0.253 e. The average molecular weight is 387 g/mol. The van der Waals surface area contributed by atoms with Crippen LogP contribution in [0.25, 0.3) is 0 Å². The van der Waals surface area contributed by atoms with Gasteiger partial charge in [0, 0.05) is 10.5 Å². The van der Waals surface area contributed by atoms with Crippen molar-refractivity contribution in [3.05, 3.63) is 53.6 Å². The highest BCUT2D eigenvalue weighted by Crippen LogP contribution is 2.28. The summed E-state index contributed by atoms with van der Waals surface area (Å²) in [4.78, 5) is 13.5. The lowest BCUT2D eigenvalue weighted by molar-refractivity contribution is -0.120. The Morgan fingerprint density at radius 2 is 1.78 bits per heavy atom. The molecule has 0 aliphatic heterocycles. The number of ether oxygens (including phenoxy) is 2. The molecule has 0 aliphatic carbocycles. The Balaban J connectivity index is 2.07. The van der Waals surface area contributed by atoms with Gasteiger partial charge in [0.25, 0.3) is 5.91 Å². The fourth-order valence-electron chi connectivity index (χ4n) is 2.45. The first-order valence-electron chi connectivity index (χ1n) is 8.80. The largest absolute Gasteiger partial charge is 0.493 e. The van der Waals surface area contributed by atoms with Gasteiger partial charge in [0.2, 0.25) is 0 Å². The number of carbonyl (C=O) groups excluding carboxylic acids is 1. The topological polar surface area (TPSA) is 59.9 Å². The van der Waals surface area contributed by atoms with Crippen molar-refractivity contribution in [2.75, 3.05) is 14.2 Å². The Labute approximate surface area is 165 Å². The number of benzene rings is 2. The number of hydrogen-bond donors (Lipinski definition) is 1. The van der Waals surface area contributed by atoms with E-state index in [-0.39, 0.29) is 11.2 Å². The van der Waals surface area contributed by atoms with E-state index in [9.17, 15) is 4.79 Å². The lowest BCUT2D eigenvalue weighted by Gasteiger charge is -2.12. The summed E-state index contributed by atoms with van der Waals surface area (Å²) in [6.45, 7) is 5.91. The molecule has 0 aromatic heterocycles. The molecular formula is C21H26N2O3S. The third-order valence-corrected chi connectivity index (χ3v) is 5.17. The maximum atomic E-state index is 12.4. The smallest absolute Gasteiger partial charge is 0.253 e. The van der Waals surface area contributed by atoms with Crippen LogP contribution in [0.4, 0.5) is 0 Å². The number of aryl methyl sites for hydroxylation is 1. The van der Waals surface area contributed by atoms with Crippen LogP contribution < -0.4 is 14.9 Å². The van der Waals surface area contributed by atoms with E-state index in [1.165, 1.54) is 17.3 Å². The Hall–Kier alpha value is -2.47. The Morgan fingerprint density at radius 3 is 2.37 bits per heavy atom. The molecule has 1 N–H and O–H groups in total. The van der Waals surface area contributed by atoms with Gasteiger partial charge in [0.15, 0.2) is 11.5 Å². The quantitative estimate of drug-likeness (QED) is 0.414. The summed E-state index contributed by atoms with van der Waals surface area (Å²) in [7, 11) is 3.19. The van der Waals surface area contributed by atoms with Crippen LogP contribution in [0.3, 0.4) is 0 Å². The summed E-state index contributed by atoms with van der Waals surface area (Å²) in [6, 6.07) is 13.7.